The van der Waals surface area contributed by atoms with Crippen LogP contribution in [0.3, 0.4) is 0 Å². The molecule has 0 heterocycles. The Morgan fingerprint density at radius 1 is 1.06 bits per heavy atom. The van der Waals surface area contributed by atoms with Crippen LogP contribution in [0.4, 0.5) is 0 Å². The highest BCUT2D eigenvalue weighted by atomic mass is 35.5. The van der Waals surface area contributed by atoms with Crippen LogP contribution in [-0.4, -0.2) is 12.2 Å². The van der Waals surface area contributed by atoms with Crippen LogP contribution in [0, 0.1) is 0 Å². The smallest absolute Gasteiger partial charge is 0.138 e. The van der Waals surface area contributed by atoms with Crippen LogP contribution in [-0.2, 0) is 0 Å². The van der Waals surface area contributed by atoms with Crippen LogP contribution in [0.25, 0.3) is 0 Å². The van der Waals surface area contributed by atoms with Crippen molar-refractivity contribution in [1.82, 2.24) is 0 Å². The molecule has 0 aliphatic rings. The highest BCUT2D eigenvalue weighted by Gasteiger charge is 2.16. The fourth-order valence-electron chi connectivity index (χ4n) is 1.72. The summed E-state index contributed by atoms with van der Waals surface area (Å²) in [5.74, 6) is 0.491. The molecule has 4 heteroatoms. The highest BCUT2D eigenvalue weighted by Crippen LogP contribution is 2.35. The fraction of sp³-hybridized carbons (Fsp3) is 0.143. The van der Waals surface area contributed by atoms with E-state index < -0.39 is 6.10 Å². The number of aliphatic hydroxyl groups excluding tert-OH is 1. The summed E-state index contributed by atoms with van der Waals surface area (Å²) < 4.78 is 5.07. The molecule has 0 saturated carbocycles. The Hall–Kier alpha value is -1.22. The predicted molar refractivity (Wildman–Crippen MR) is 73.5 cm³/mol. The van der Waals surface area contributed by atoms with Crippen molar-refractivity contribution in [1.29, 1.82) is 0 Å². The maximum atomic E-state index is 10.3. The monoisotopic (exact) mass is 282 g/mol. The molecule has 94 valence electrons. The molecule has 2 rings (SSSR count). The summed E-state index contributed by atoms with van der Waals surface area (Å²) >= 11 is 12.2. The normalized spacial score (nSPS) is 12.2. The third kappa shape index (κ3) is 2.61. The second-order valence-electron chi connectivity index (χ2n) is 3.82. The van der Waals surface area contributed by atoms with E-state index in [-0.39, 0.29) is 0 Å². The van der Waals surface area contributed by atoms with Gasteiger partial charge >= 0.3 is 0 Å². The lowest BCUT2D eigenvalue weighted by molar-refractivity contribution is 0.220. The van der Waals surface area contributed by atoms with Crippen LogP contribution in [0.1, 0.15) is 17.2 Å². The molecule has 0 fully saturated rings. The molecule has 0 bridgehead atoms. The Morgan fingerprint density at radius 3 is 2.33 bits per heavy atom. The van der Waals surface area contributed by atoms with Crippen LogP contribution < -0.4 is 4.74 Å². The van der Waals surface area contributed by atoms with Gasteiger partial charge in [0.15, 0.2) is 0 Å². The number of hydrogen-bond donors (Lipinski definition) is 1. The Labute approximate surface area is 116 Å². The molecule has 0 aromatic heterocycles. The lowest BCUT2D eigenvalue weighted by atomic mass is 10.0. The first kappa shape index (κ1) is 13.2. The van der Waals surface area contributed by atoms with Gasteiger partial charge in [-0.25, -0.2) is 0 Å². The first-order valence-electron chi connectivity index (χ1n) is 5.39. The lowest BCUT2D eigenvalue weighted by Gasteiger charge is -2.15. The summed E-state index contributed by atoms with van der Waals surface area (Å²) in [6.07, 6.45) is -0.804. The van der Waals surface area contributed by atoms with Gasteiger partial charge in [0.1, 0.15) is 11.9 Å². The van der Waals surface area contributed by atoms with E-state index in [1.807, 2.05) is 30.3 Å². The zero-order valence-electron chi connectivity index (χ0n) is 9.73. The first-order chi connectivity index (χ1) is 8.63. The van der Waals surface area contributed by atoms with Gasteiger partial charge in [-0.3, -0.25) is 0 Å². The third-order valence-electron chi connectivity index (χ3n) is 2.68. The third-order valence-corrected chi connectivity index (χ3v) is 3.30. The van der Waals surface area contributed by atoms with E-state index in [0.29, 0.717) is 21.4 Å². The largest absolute Gasteiger partial charge is 0.495 e. The van der Waals surface area contributed by atoms with E-state index in [2.05, 4.69) is 0 Å². The van der Waals surface area contributed by atoms with Crippen molar-refractivity contribution < 1.29 is 9.84 Å². The molecule has 2 nitrogen and oxygen atoms in total. The Balaban J connectivity index is 2.43. The van der Waals surface area contributed by atoms with Gasteiger partial charge in [-0.05, 0) is 11.6 Å². The molecular weight excluding hydrogens is 271 g/mol. The van der Waals surface area contributed by atoms with Crippen molar-refractivity contribution in [2.45, 2.75) is 6.10 Å². The Kier molecular flexibility index (Phi) is 4.12. The molecule has 0 spiro atoms. The number of hydrogen-bond acceptors (Lipinski definition) is 2. The standard InChI is InChI=1S/C14H12Cl2O2/c1-18-13-8-11(15)10(7-12(13)16)14(17)9-5-3-2-4-6-9/h2-8,14,17H,1H3. The summed E-state index contributed by atoms with van der Waals surface area (Å²) in [5.41, 5.74) is 1.33. The molecule has 2 aromatic carbocycles. The van der Waals surface area contributed by atoms with Gasteiger partial charge in [0, 0.05) is 11.6 Å². The number of ether oxygens (including phenoxy) is 1. The van der Waals surface area contributed by atoms with E-state index in [4.69, 9.17) is 27.9 Å². The van der Waals surface area contributed by atoms with Crippen molar-refractivity contribution in [3.8, 4) is 5.75 Å². The van der Waals surface area contributed by atoms with E-state index >= 15 is 0 Å². The first-order valence-corrected chi connectivity index (χ1v) is 6.15. The molecule has 0 amide bonds. The van der Waals surface area contributed by atoms with E-state index in [1.165, 1.54) is 7.11 Å². The van der Waals surface area contributed by atoms with Crippen LogP contribution in [0.5, 0.6) is 5.75 Å². The second-order valence-corrected chi connectivity index (χ2v) is 4.64. The molecule has 0 saturated heterocycles. The Morgan fingerprint density at radius 2 is 1.72 bits per heavy atom. The van der Waals surface area contributed by atoms with Gasteiger partial charge in [-0.15, -0.1) is 0 Å². The van der Waals surface area contributed by atoms with Crippen molar-refractivity contribution >= 4 is 23.2 Å². The number of methoxy groups -OCH3 is 1. The van der Waals surface area contributed by atoms with E-state index in [0.717, 1.165) is 5.56 Å². The SMILES string of the molecule is COc1cc(Cl)c(C(O)c2ccccc2)cc1Cl. The quantitative estimate of drug-likeness (QED) is 0.919. The molecule has 1 N–H and O–H groups in total. The second kappa shape index (κ2) is 5.61. The molecule has 0 aliphatic carbocycles. The molecule has 2 aromatic rings. The van der Waals surface area contributed by atoms with Crippen LogP contribution in [0.15, 0.2) is 42.5 Å². The summed E-state index contributed by atoms with van der Waals surface area (Å²) in [5, 5.41) is 11.1. The maximum Gasteiger partial charge on any atom is 0.138 e. The average Bonchev–Trinajstić information content (AvgIpc) is 2.41. The summed E-state index contributed by atoms with van der Waals surface area (Å²) in [7, 11) is 1.52. The fourth-order valence-corrected chi connectivity index (χ4v) is 2.23. The van der Waals surface area contributed by atoms with Gasteiger partial charge in [0.05, 0.1) is 17.2 Å². The van der Waals surface area contributed by atoms with Crippen molar-refractivity contribution in [3.63, 3.8) is 0 Å². The van der Waals surface area contributed by atoms with E-state index in [9.17, 15) is 5.11 Å². The summed E-state index contributed by atoms with van der Waals surface area (Å²) in [6, 6.07) is 12.5. The van der Waals surface area contributed by atoms with Crippen molar-refractivity contribution in [2.24, 2.45) is 0 Å². The zero-order valence-corrected chi connectivity index (χ0v) is 11.2. The van der Waals surface area contributed by atoms with Crippen molar-refractivity contribution in [2.75, 3.05) is 7.11 Å². The average molecular weight is 283 g/mol. The van der Waals surface area contributed by atoms with Crippen LogP contribution in [0.2, 0.25) is 10.0 Å². The summed E-state index contributed by atoms with van der Waals surface area (Å²) in [4.78, 5) is 0. The minimum absolute atomic E-state index is 0.423. The van der Waals surface area contributed by atoms with Crippen LogP contribution >= 0.6 is 23.2 Å². The lowest BCUT2D eigenvalue weighted by Crippen LogP contribution is -2.01. The minimum atomic E-state index is -0.804. The van der Waals surface area contributed by atoms with Crippen molar-refractivity contribution in [3.05, 3.63) is 63.6 Å². The molecule has 18 heavy (non-hydrogen) atoms. The van der Waals surface area contributed by atoms with Gasteiger partial charge in [0.2, 0.25) is 0 Å². The molecule has 0 aliphatic heterocycles. The molecular formula is C14H12Cl2O2. The number of halogens is 2. The number of aliphatic hydroxyl groups is 1. The molecule has 1 atom stereocenters. The molecule has 0 radical (unpaired) electrons. The Bertz CT molecular complexity index is 541. The minimum Gasteiger partial charge on any atom is -0.495 e. The van der Waals surface area contributed by atoms with E-state index in [1.54, 1.807) is 12.1 Å². The highest BCUT2D eigenvalue weighted by molar-refractivity contribution is 6.34. The summed E-state index contributed by atoms with van der Waals surface area (Å²) in [6.45, 7) is 0. The van der Waals surface area contributed by atoms with Gasteiger partial charge in [0.25, 0.3) is 0 Å². The maximum absolute atomic E-state index is 10.3. The number of benzene rings is 2. The predicted octanol–water partition coefficient (Wildman–Crippen LogP) is 4.08. The topological polar surface area (TPSA) is 29.5 Å². The number of rotatable bonds is 3. The van der Waals surface area contributed by atoms with Gasteiger partial charge in [-0.1, -0.05) is 53.5 Å². The van der Waals surface area contributed by atoms with Gasteiger partial charge in [-0.2, -0.15) is 0 Å². The zero-order chi connectivity index (χ0) is 13.1. The molecule has 1 unspecified atom stereocenters. The van der Waals surface area contributed by atoms with Gasteiger partial charge < -0.3 is 9.84 Å².